The van der Waals surface area contributed by atoms with Crippen molar-refractivity contribution in [2.24, 2.45) is 5.92 Å². The van der Waals surface area contributed by atoms with Crippen LogP contribution < -0.4 is 0 Å². The molecule has 0 N–H and O–H groups in total. The standard InChI is InChI=1S/C11H22/c1-5-7-8-9-11(6-2)10(3)4/h6,10H,5,7-9H2,1-4H3/b11-6+. The lowest BCUT2D eigenvalue weighted by molar-refractivity contribution is 0.646. The molecule has 0 saturated carbocycles. The van der Waals surface area contributed by atoms with E-state index in [9.17, 15) is 0 Å². The molecule has 0 aromatic heterocycles. The Hall–Kier alpha value is -0.260. The zero-order valence-corrected chi connectivity index (χ0v) is 8.48. The van der Waals surface area contributed by atoms with Crippen LogP contribution in [0.3, 0.4) is 0 Å². The predicted octanol–water partition coefficient (Wildman–Crippen LogP) is 4.17. The van der Waals surface area contributed by atoms with E-state index in [1.165, 1.54) is 25.7 Å². The molecule has 66 valence electrons. The quantitative estimate of drug-likeness (QED) is 0.412. The molecule has 0 aliphatic rings. The maximum Gasteiger partial charge on any atom is -0.0260 e. The predicted molar refractivity (Wildman–Crippen MR) is 52.7 cm³/mol. The van der Waals surface area contributed by atoms with Crippen LogP contribution in [-0.2, 0) is 0 Å². The van der Waals surface area contributed by atoms with Crippen LogP contribution >= 0.6 is 0 Å². The van der Waals surface area contributed by atoms with Crippen LogP contribution in [0, 0.1) is 5.92 Å². The molecule has 0 aliphatic heterocycles. The number of allylic oxidation sites excluding steroid dienone is 2. The summed E-state index contributed by atoms with van der Waals surface area (Å²) in [6.45, 7) is 8.97. The molecule has 0 rings (SSSR count). The fourth-order valence-electron chi connectivity index (χ4n) is 1.35. The molecule has 0 heteroatoms. The fourth-order valence-corrected chi connectivity index (χ4v) is 1.35. The van der Waals surface area contributed by atoms with Crippen molar-refractivity contribution in [2.45, 2.75) is 53.4 Å². The lowest BCUT2D eigenvalue weighted by Gasteiger charge is -2.09. The van der Waals surface area contributed by atoms with E-state index >= 15 is 0 Å². The largest absolute Gasteiger partial charge is 0.0882 e. The van der Waals surface area contributed by atoms with Crippen molar-refractivity contribution in [3.8, 4) is 0 Å². The van der Waals surface area contributed by atoms with E-state index in [0.29, 0.717) is 0 Å². The summed E-state index contributed by atoms with van der Waals surface area (Å²) in [6.07, 6.45) is 7.66. The van der Waals surface area contributed by atoms with Gasteiger partial charge in [-0.2, -0.15) is 0 Å². The maximum absolute atomic E-state index is 2.28. The Labute approximate surface area is 71.7 Å². The fraction of sp³-hybridized carbons (Fsp3) is 0.818. The van der Waals surface area contributed by atoms with Gasteiger partial charge < -0.3 is 0 Å². The summed E-state index contributed by atoms with van der Waals surface area (Å²) in [4.78, 5) is 0. The van der Waals surface area contributed by atoms with E-state index in [4.69, 9.17) is 0 Å². The Morgan fingerprint density at radius 3 is 2.27 bits per heavy atom. The van der Waals surface area contributed by atoms with Crippen molar-refractivity contribution in [1.29, 1.82) is 0 Å². The van der Waals surface area contributed by atoms with Gasteiger partial charge in [-0.15, -0.1) is 0 Å². The Morgan fingerprint density at radius 1 is 1.27 bits per heavy atom. The third-order valence-electron chi connectivity index (χ3n) is 2.18. The number of rotatable bonds is 5. The molecule has 0 aromatic carbocycles. The molecular weight excluding hydrogens is 132 g/mol. The SMILES string of the molecule is C/C=C(\CCCCC)C(C)C. The van der Waals surface area contributed by atoms with E-state index in [1.54, 1.807) is 5.57 Å². The molecule has 0 heterocycles. The van der Waals surface area contributed by atoms with E-state index in [2.05, 4.69) is 33.8 Å². The summed E-state index contributed by atoms with van der Waals surface area (Å²) in [5, 5.41) is 0. The molecule has 0 amide bonds. The molecule has 0 saturated heterocycles. The van der Waals surface area contributed by atoms with Gasteiger partial charge in [-0.05, 0) is 25.7 Å². The highest BCUT2D eigenvalue weighted by atomic mass is 14.1. The average molecular weight is 154 g/mol. The second-order valence-corrected chi connectivity index (χ2v) is 3.48. The Balaban J connectivity index is 3.54. The highest BCUT2D eigenvalue weighted by molar-refractivity contribution is 5.02. The highest BCUT2D eigenvalue weighted by Gasteiger charge is 2.00. The maximum atomic E-state index is 2.28. The van der Waals surface area contributed by atoms with Crippen molar-refractivity contribution in [3.63, 3.8) is 0 Å². The molecule has 0 aliphatic carbocycles. The first-order valence-electron chi connectivity index (χ1n) is 4.87. The first-order chi connectivity index (χ1) is 5.22. The third-order valence-corrected chi connectivity index (χ3v) is 2.18. The highest BCUT2D eigenvalue weighted by Crippen LogP contribution is 2.16. The van der Waals surface area contributed by atoms with Crippen LogP contribution in [0.1, 0.15) is 53.4 Å². The summed E-state index contributed by atoms with van der Waals surface area (Å²) in [5.74, 6) is 0.747. The van der Waals surface area contributed by atoms with Gasteiger partial charge in [-0.1, -0.05) is 45.3 Å². The van der Waals surface area contributed by atoms with E-state index in [1.807, 2.05) is 0 Å². The van der Waals surface area contributed by atoms with Crippen molar-refractivity contribution in [1.82, 2.24) is 0 Å². The van der Waals surface area contributed by atoms with Crippen LogP contribution in [0.2, 0.25) is 0 Å². The van der Waals surface area contributed by atoms with Gasteiger partial charge in [0.2, 0.25) is 0 Å². The first-order valence-corrected chi connectivity index (χ1v) is 4.87. The molecule has 0 nitrogen and oxygen atoms in total. The lowest BCUT2D eigenvalue weighted by atomic mass is 9.97. The molecule has 0 atom stereocenters. The van der Waals surface area contributed by atoms with E-state index < -0.39 is 0 Å². The van der Waals surface area contributed by atoms with Gasteiger partial charge in [-0.3, -0.25) is 0 Å². The van der Waals surface area contributed by atoms with Crippen LogP contribution in [-0.4, -0.2) is 0 Å². The zero-order valence-electron chi connectivity index (χ0n) is 8.48. The van der Waals surface area contributed by atoms with Crippen LogP contribution in [0.4, 0.5) is 0 Å². The second-order valence-electron chi connectivity index (χ2n) is 3.48. The summed E-state index contributed by atoms with van der Waals surface area (Å²) in [5.41, 5.74) is 1.62. The van der Waals surface area contributed by atoms with Gasteiger partial charge in [0, 0.05) is 0 Å². The third kappa shape index (κ3) is 5.06. The molecule has 11 heavy (non-hydrogen) atoms. The van der Waals surface area contributed by atoms with E-state index in [0.717, 1.165) is 5.92 Å². The summed E-state index contributed by atoms with van der Waals surface area (Å²) in [7, 11) is 0. The summed E-state index contributed by atoms with van der Waals surface area (Å²) >= 11 is 0. The minimum absolute atomic E-state index is 0.747. The first kappa shape index (κ1) is 10.7. The minimum atomic E-state index is 0.747. The zero-order chi connectivity index (χ0) is 8.69. The van der Waals surface area contributed by atoms with Crippen LogP contribution in [0.15, 0.2) is 11.6 Å². The monoisotopic (exact) mass is 154 g/mol. The molecule has 0 spiro atoms. The van der Waals surface area contributed by atoms with Crippen molar-refractivity contribution in [2.75, 3.05) is 0 Å². The average Bonchev–Trinajstić information content (AvgIpc) is 1.97. The van der Waals surface area contributed by atoms with Gasteiger partial charge >= 0.3 is 0 Å². The molecule has 0 radical (unpaired) electrons. The number of hydrogen-bond acceptors (Lipinski definition) is 0. The van der Waals surface area contributed by atoms with Gasteiger partial charge in [0.05, 0.1) is 0 Å². The van der Waals surface area contributed by atoms with Crippen LogP contribution in [0.5, 0.6) is 0 Å². The van der Waals surface area contributed by atoms with Gasteiger partial charge in [0.15, 0.2) is 0 Å². The molecule has 0 fully saturated rings. The molecule has 0 unspecified atom stereocenters. The Bertz CT molecular complexity index is 109. The lowest BCUT2D eigenvalue weighted by Crippen LogP contribution is -1.93. The van der Waals surface area contributed by atoms with Crippen molar-refractivity contribution >= 4 is 0 Å². The van der Waals surface area contributed by atoms with Crippen molar-refractivity contribution in [3.05, 3.63) is 11.6 Å². The Kier molecular flexibility index (Phi) is 6.30. The van der Waals surface area contributed by atoms with Crippen molar-refractivity contribution < 1.29 is 0 Å². The van der Waals surface area contributed by atoms with Gasteiger partial charge in [0.1, 0.15) is 0 Å². The van der Waals surface area contributed by atoms with E-state index in [-0.39, 0.29) is 0 Å². The van der Waals surface area contributed by atoms with Gasteiger partial charge in [0.25, 0.3) is 0 Å². The molecule has 0 aromatic rings. The number of hydrogen-bond donors (Lipinski definition) is 0. The topological polar surface area (TPSA) is 0 Å². The smallest absolute Gasteiger partial charge is 0.0260 e. The normalized spacial score (nSPS) is 12.6. The second kappa shape index (κ2) is 6.45. The van der Waals surface area contributed by atoms with Crippen LogP contribution in [0.25, 0.3) is 0 Å². The summed E-state index contributed by atoms with van der Waals surface area (Å²) < 4.78 is 0. The Morgan fingerprint density at radius 2 is 1.91 bits per heavy atom. The minimum Gasteiger partial charge on any atom is -0.0882 e. The number of unbranched alkanes of at least 4 members (excludes halogenated alkanes) is 2. The summed E-state index contributed by atoms with van der Waals surface area (Å²) in [6, 6.07) is 0. The van der Waals surface area contributed by atoms with Gasteiger partial charge in [-0.25, -0.2) is 0 Å². The molecule has 0 bridgehead atoms. The molecular formula is C11H22.